The molecule has 0 N–H and O–H groups in total. The van der Waals surface area contributed by atoms with Crippen LogP contribution in [0.3, 0.4) is 0 Å². The zero-order valence-corrected chi connectivity index (χ0v) is 28.2. The first kappa shape index (κ1) is 28.4. The van der Waals surface area contributed by atoms with Crippen LogP contribution in [0.4, 0.5) is 17.3 Å². The molecule has 0 saturated heterocycles. The van der Waals surface area contributed by atoms with Crippen LogP contribution in [0.25, 0.3) is 65.3 Å². The van der Waals surface area contributed by atoms with Gasteiger partial charge in [-0.05, 0) is 92.0 Å². The van der Waals surface area contributed by atoms with Gasteiger partial charge in [0, 0.05) is 16.5 Å². The number of hydrogen-bond acceptors (Lipinski definition) is 4. The summed E-state index contributed by atoms with van der Waals surface area (Å²) in [6, 6.07) is 58.3. The van der Waals surface area contributed by atoms with Crippen molar-refractivity contribution >= 4 is 84.2 Å². The first-order valence-electron chi connectivity index (χ1n) is 17.1. The lowest BCUT2D eigenvalue weighted by Gasteiger charge is -2.35. The largest absolute Gasteiger partial charge is 0.334 e. The van der Waals surface area contributed by atoms with E-state index in [-0.39, 0.29) is 0 Å². The van der Waals surface area contributed by atoms with Crippen molar-refractivity contribution < 1.29 is 4.57 Å². The summed E-state index contributed by atoms with van der Waals surface area (Å²) in [5.74, 6) is 1.50. The molecule has 8 aromatic carbocycles. The fourth-order valence-electron chi connectivity index (χ4n) is 7.99. The van der Waals surface area contributed by atoms with E-state index >= 15 is 4.57 Å². The summed E-state index contributed by atoms with van der Waals surface area (Å²) in [5, 5.41) is 19.9. The van der Waals surface area contributed by atoms with Crippen molar-refractivity contribution in [1.29, 1.82) is 0 Å². The fraction of sp³-hybridized carbons (Fsp3) is 0. The third-order valence-electron chi connectivity index (χ3n) is 10.3. The average Bonchev–Trinajstić information content (AvgIpc) is 3.79. The minimum atomic E-state index is -3.75. The molecule has 0 saturated carbocycles. The maximum Gasteiger partial charge on any atom is 0.334 e. The molecule has 1 aliphatic heterocycles. The standard InChI is InChI=1S/C44H28N5OP/c50-51(32-16-12-15-30(27-32)29-13-2-1-3-14-29)48-43(38-21-8-10-23-41(38)45-48)47(44-39-22-9-11-24-42(39)46-49(44)51)31-25-26-37-35-19-5-4-17-33(35)34-18-6-7-20-36(34)40(37)28-31/h1-28H. The number of hydrogen-bond donors (Lipinski definition) is 0. The molecule has 10 aromatic rings. The molecule has 11 rings (SSSR count). The zero-order chi connectivity index (χ0) is 33.7. The SMILES string of the molecule is O=P1(c2cccc(-c3ccccc3)c2)n2nc3ccccc3c2N(c2ccc3c4ccccc4c4ccccc4c3c2)c2c3ccccc3nn21. The second-order valence-electron chi connectivity index (χ2n) is 13.1. The molecule has 0 atom stereocenters. The predicted octanol–water partition coefficient (Wildman–Crippen LogP) is 11.2. The predicted molar refractivity (Wildman–Crippen MR) is 210 cm³/mol. The lowest BCUT2D eigenvalue weighted by atomic mass is 9.94. The van der Waals surface area contributed by atoms with E-state index in [1.54, 1.807) is 8.90 Å². The highest BCUT2D eigenvalue weighted by molar-refractivity contribution is 7.68. The van der Waals surface area contributed by atoms with Crippen LogP contribution >= 0.6 is 7.44 Å². The maximum absolute atomic E-state index is 16.3. The van der Waals surface area contributed by atoms with E-state index in [1.807, 2.05) is 72.8 Å². The summed E-state index contributed by atoms with van der Waals surface area (Å²) < 4.78 is 19.8. The molecule has 0 bridgehead atoms. The summed E-state index contributed by atoms with van der Waals surface area (Å²) in [4.78, 5) is 2.21. The molecule has 0 amide bonds. The molecule has 51 heavy (non-hydrogen) atoms. The van der Waals surface area contributed by atoms with Gasteiger partial charge >= 0.3 is 7.44 Å². The Balaban J connectivity index is 1.25. The summed E-state index contributed by atoms with van der Waals surface area (Å²) in [6.07, 6.45) is 0. The quantitative estimate of drug-likeness (QED) is 0.138. The fourth-order valence-corrected chi connectivity index (χ4v) is 10.5. The van der Waals surface area contributed by atoms with Gasteiger partial charge in [-0.2, -0.15) is 19.1 Å². The highest BCUT2D eigenvalue weighted by Gasteiger charge is 2.45. The average molecular weight is 674 g/mol. The van der Waals surface area contributed by atoms with E-state index in [0.717, 1.165) is 55.6 Å². The summed E-state index contributed by atoms with van der Waals surface area (Å²) in [5.41, 5.74) is 4.51. The van der Waals surface area contributed by atoms with Crippen molar-refractivity contribution in [2.75, 3.05) is 4.90 Å². The van der Waals surface area contributed by atoms with Crippen LogP contribution in [-0.4, -0.2) is 19.1 Å². The van der Waals surface area contributed by atoms with Crippen LogP contribution < -0.4 is 10.2 Å². The van der Waals surface area contributed by atoms with Crippen LogP contribution in [0.1, 0.15) is 0 Å². The van der Waals surface area contributed by atoms with Gasteiger partial charge in [-0.3, -0.25) is 9.46 Å². The molecule has 1 aliphatic rings. The van der Waals surface area contributed by atoms with Gasteiger partial charge in [0.2, 0.25) is 0 Å². The van der Waals surface area contributed by atoms with Gasteiger partial charge in [0.1, 0.15) is 0 Å². The Kier molecular flexibility index (Phi) is 5.84. The Morgan fingerprint density at radius 2 is 0.863 bits per heavy atom. The minimum Gasteiger partial charge on any atom is -0.278 e. The van der Waals surface area contributed by atoms with Crippen LogP contribution in [-0.2, 0) is 4.57 Å². The highest BCUT2D eigenvalue weighted by Crippen LogP contribution is 2.61. The zero-order valence-electron chi connectivity index (χ0n) is 27.3. The van der Waals surface area contributed by atoms with Gasteiger partial charge in [-0.15, -0.1) is 0 Å². The first-order chi connectivity index (χ1) is 25.2. The van der Waals surface area contributed by atoms with Gasteiger partial charge in [-0.25, -0.2) is 0 Å². The van der Waals surface area contributed by atoms with Gasteiger partial charge < -0.3 is 0 Å². The minimum absolute atomic E-state index is 0.655. The van der Waals surface area contributed by atoms with Crippen LogP contribution in [0.15, 0.2) is 170 Å². The van der Waals surface area contributed by atoms with E-state index in [9.17, 15) is 0 Å². The van der Waals surface area contributed by atoms with Crippen LogP contribution in [0, 0.1) is 0 Å². The number of rotatable bonds is 3. The Morgan fingerprint density at radius 3 is 1.45 bits per heavy atom. The molecular weight excluding hydrogens is 645 g/mol. The third kappa shape index (κ3) is 3.91. The molecule has 3 heterocycles. The normalized spacial score (nSPS) is 13.7. The van der Waals surface area contributed by atoms with E-state index in [0.29, 0.717) is 5.30 Å². The van der Waals surface area contributed by atoms with Crippen molar-refractivity contribution in [2.24, 2.45) is 0 Å². The van der Waals surface area contributed by atoms with Crippen molar-refractivity contribution in [1.82, 2.24) is 19.1 Å². The van der Waals surface area contributed by atoms with Gasteiger partial charge in [0.05, 0.1) is 16.3 Å². The monoisotopic (exact) mass is 673 g/mol. The van der Waals surface area contributed by atoms with E-state index in [4.69, 9.17) is 10.2 Å². The number of aromatic nitrogens is 4. The smallest absolute Gasteiger partial charge is 0.278 e. The Morgan fingerprint density at radius 1 is 0.392 bits per heavy atom. The molecule has 0 fully saturated rings. The van der Waals surface area contributed by atoms with Gasteiger partial charge in [0.25, 0.3) is 0 Å². The van der Waals surface area contributed by atoms with E-state index < -0.39 is 7.44 Å². The van der Waals surface area contributed by atoms with E-state index in [2.05, 4.69) is 102 Å². The lowest BCUT2D eigenvalue weighted by molar-refractivity contribution is 0.556. The second kappa shape index (κ2) is 10.5. The Bertz CT molecular complexity index is 2970. The van der Waals surface area contributed by atoms with Gasteiger partial charge in [0.15, 0.2) is 11.6 Å². The van der Waals surface area contributed by atoms with Gasteiger partial charge in [-0.1, -0.05) is 121 Å². The number of fused-ring (bicyclic) bond motifs is 12. The molecular formula is C44H28N5OP. The second-order valence-corrected chi connectivity index (χ2v) is 15.4. The Hall–Kier alpha value is -6.49. The molecule has 0 aliphatic carbocycles. The van der Waals surface area contributed by atoms with Crippen molar-refractivity contribution in [3.8, 4) is 11.1 Å². The molecule has 0 radical (unpaired) electrons. The number of benzene rings is 8. The highest BCUT2D eigenvalue weighted by atomic mass is 31.2. The number of nitrogens with zero attached hydrogens (tertiary/aromatic N) is 5. The van der Waals surface area contributed by atoms with Crippen LogP contribution in [0.5, 0.6) is 0 Å². The molecule has 0 spiro atoms. The third-order valence-corrected chi connectivity index (χ3v) is 12.8. The maximum atomic E-state index is 16.3. The number of anilines is 3. The van der Waals surface area contributed by atoms with E-state index in [1.165, 1.54) is 26.9 Å². The summed E-state index contributed by atoms with van der Waals surface area (Å²) >= 11 is 0. The molecule has 0 unspecified atom stereocenters. The van der Waals surface area contributed by atoms with Crippen molar-refractivity contribution in [3.63, 3.8) is 0 Å². The van der Waals surface area contributed by atoms with Crippen molar-refractivity contribution in [2.45, 2.75) is 0 Å². The first-order valence-corrected chi connectivity index (χ1v) is 18.7. The molecule has 6 nitrogen and oxygen atoms in total. The van der Waals surface area contributed by atoms with Crippen molar-refractivity contribution in [3.05, 3.63) is 170 Å². The summed E-state index contributed by atoms with van der Waals surface area (Å²) in [6.45, 7) is 0. The molecule has 7 heteroatoms. The Labute approximate surface area is 292 Å². The summed E-state index contributed by atoms with van der Waals surface area (Å²) in [7, 11) is -3.75. The lowest BCUT2D eigenvalue weighted by Crippen LogP contribution is -2.30. The van der Waals surface area contributed by atoms with Crippen LogP contribution in [0.2, 0.25) is 0 Å². The molecule has 2 aromatic heterocycles. The topological polar surface area (TPSA) is 56.0 Å². The molecule has 240 valence electrons.